The van der Waals surface area contributed by atoms with Crippen LogP contribution in [-0.2, 0) is 6.42 Å². The zero-order valence-corrected chi connectivity index (χ0v) is 21.2. The predicted octanol–water partition coefficient (Wildman–Crippen LogP) is 5.30. The molecule has 0 fully saturated rings. The number of hydrogen-bond donors (Lipinski definition) is 0. The first kappa shape index (κ1) is 25.7. The standard InChI is InChI=1S/C29H22F2N4O4/c1-16-17(2)35(20-7-5-19(30)6-8-20)29(37)28(34-16)24(36)13-18-4-9-26(22(31)12-18)39-25-10-11-32-23-15-33-27(38-3)14-21(23)25/h4-12,14-15H,13H2,1-3H3. The summed E-state index contributed by atoms with van der Waals surface area (Å²) in [5.74, 6) is -1.07. The van der Waals surface area contributed by atoms with Gasteiger partial charge in [-0.2, -0.15) is 0 Å². The molecule has 0 aliphatic carbocycles. The molecule has 5 rings (SSSR count). The minimum atomic E-state index is -0.692. The Bertz CT molecular complexity index is 1790. The maximum atomic E-state index is 15.0. The molecule has 0 bridgehead atoms. The van der Waals surface area contributed by atoms with E-state index in [0.29, 0.717) is 45.2 Å². The highest BCUT2D eigenvalue weighted by molar-refractivity contribution is 5.95. The molecule has 3 heterocycles. The Morgan fingerprint density at radius 1 is 0.974 bits per heavy atom. The van der Waals surface area contributed by atoms with Crippen LogP contribution in [0.25, 0.3) is 16.6 Å². The summed E-state index contributed by atoms with van der Waals surface area (Å²) in [4.78, 5) is 38.9. The number of aromatic nitrogens is 4. The lowest BCUT2D eigenvalue weighted by Gasteiger charge is -2.14. The minimum Gasteiger partial charge on any atom is -0.481 e. The summed E-state index contributed by atoms with van der Waals surface area (Å²) in [5, 5.41) is 0.584. The van der Waals surface area contributed by atoms with Gasteiger partial charge in [-0.1, -0.05) is 6.07 Å². The summed E-state index contributed by atoms with van der Waals surface area (Å²) >= 11 is 0. The molecule has 0 N–H and O–H groups in total. The summed E-state index contributed by atoms with van der Waals surface area (Å²) in [6, 6.07) is 12.7. The third-order valence-corrected chi connectivity index (χ3v) is 6.25. The first-order valence-electron chi connectivity index (χ1n) is 11.9. The molecule has 2 aromatic carbocycles. The van der Waals surface area contributed by atoms with Crippen molar-refractivity contribution in [2.45, 2.75) is 20.3 Å². The van der Waals surface area contributed by atoms with Gasteiger partial charge < -0.3 is 9.47 Å². The molecule has 5 aromatic rings. The molecule has 0 aliphatic rings. The van der Waals surface area contributed by atoms with Crippen LogP contribution >= 0.6 is 0 Å². The maximum Gasteiger partial charge on any atom is 0.284 e. The molecule has 3 aromatic heterocycles. The number of halogens is 2. The van der Waals surface area contributed by atoms with Crippen molar-refractivity contribution in [1.29, 1.82) is 0 Å². The molecule has 0 atom stereocenters. The number of benzene rings is 2. The number of ketones is 1. The van der Waals surface area contributed by atoms with Gasteiger partial charge in [-0.05, 0) is 61.9 Å². The lowest BCUT2D eigenvalue weighted by molar-refractivity contribution is 0.0986. The van der Waals surface area contributed by atoms with Gasteiger partial charge in [-0.3, -0.25) is 19.1 Å². The lowest BCUT2D eigenvalue weighted by atomic mass is 10.1. The topological polar surface area (TPSA) is 96.2 Å². The number of aryl methyl sites for hydroxylation is 1. The highest BCUT2D eigenvalue weighted by atomic mass is 19.1. The van der Waals surface area contributed by atoms with E-state index < -0.39 is 23.0 Å². The molecule has 0 unspecified atom stereocenters. The predicted molar refractivity (Wildman–Crippen MR) is 140 cm³/mol. The van der Waals surface area contributed by atoms with Gasteiger partial charge in [-0.25, -0.2) is 18.7 Å². The quantitative estimate of drug-likeness (QED) is 0.265. The molecule has 0 saturated heterocycles. The molecule has 196 valence electrons. The van der Waals surface area contributed by atoms with Crippen LogP contribution in [0.3, 0.4) is 0 Å². The van der Waals surface area contributed by atoms with Crippen molar-refractivity contribution in [3.05, 3.63) is 112 Å². The van der Waals surface area contributed by atoms with Gasteiger partial charge in [-0.15, -0.1) is 0 Å². The molecule has 8 nitrogen and oxygen atoms in total. The van der Waals surface area contributed by atoms with E-state index in [0.717, 1.165) is 0 Å². The Hall–Kier alpha value is -4.99. The van der Waals surface area contributed by atoms with Gasteiger partial charge in [0.1, 0.15) is 11.6 Å². The van der Waals surface area contributed by atoms with E-state index in [2.05, 4.69) is 15.0 Å². The van der Waals surface area contributed by atoms with E-state index in [1.807, 2.05) is 0 Å². The van der Waals surface area contributed by atoms with Crippen LogP contribution in [0.15, 0.2) is 71.8 Å². The minimum absolute atomic E-state index is 0.0579. The number of carbonyl (C=O) groups excluding carboxylic acids is 1. The van der Waals surface area contributed by atoms with Crippen molar-refractivity contribution in [1.82, 2.24) is 19.5 Å². The van der Waals surface area contributed by atoms with Gasteiger partial charge in [0.25, 0.3) is 5.56 Å². The zero-order chi connectivity index (χ0) is 27.7. The molecule has 0 aliphatic heterocycles. The first-order valence-corrected chi connectivity index (χ1v) is 11.9. The third kappa shape index (κ3) is 5.08. The summed E-state index contributed by atoms with van der Waals surface area (Å²) < 4.78 is 40.7. The highest BCUT2D eigenvalue weighted by Gasteiger charge is 2.20. The number of nitrogens with zero attached hydrogens (tertiary/aromatic N) is 4. The average molecular weight is 529 g/mol. The molecular formula is C29H22F2N4O4. The molecule has 0 spiro atoms. The molecule has 0 amide bonds. The molecule has 0 radical (unpaired) electrons. The lowest BCUT2D eigenvalue weighted by Crippen LogP contribution is -2.30. The number of ether oxygens (including phenoxy) is 2. The zero-order valence-electron chi connectivity index (χ0n) is 21.2. The summed E-state index contributed by atoms with van der Waals surface area (Å²) in [6.07, 6.45) is 2.79. The molecule has 0 saturated carbocycles. The smallest absolute Gasteiger partial charge is 0.284 e. The number of fused-ring (bicyclic) bond motifs is 1. The number of methoxy groups -OCH3 is 1. The Kier molecular flexibility index (Phi) is 6.84. The average Bonchev–Trinajstić information content (AvgIpc) is 2.93. The van der Waals surface area contributed by atoms with Gasteiger partial charge in [0, 0.05) is 35.5 Å². The number of carbonyl (C=O) groups is 1. The molecular weight excluding hydrogens is 506 g/mol. The van der Waals surface area contributed by atoms with Crippen molar-refractivity contribution in [3.8, 4) is 23.1 Å². The van der Waals surface area contributed by atoms with Crippen molar-refractivity contribution >= 4 is 16.7 Å². The van der Waals surface area contributed by atoms with Crippen LogP contribution in [0.1, 0.15) is 27.4 Å². The van der Waals surface area contributed by atoms with Gasteiger partial charge in [0.15, 0.2) is 23.0 Å². The van der Waals surface area contributed by atoms with Gasteiger partial charge in [0.05, 0.1) is 24.5 Å². The van der Waals surface area contributed by atoms with Crippen molar-refractivity contribution < 1.29 is 23.0 Å². The van der Waals surface area contributed by atoms with E-state index in [1.165, 1.54) is 60.5 Å². The van der Waals surface area contributed by atoms with Crippen LogP contribution in [0.4, 0.5) is 8.78 Å². The molecule has 10 heteroatoms. The SMILES string of the molecule is COc1cc2c(Oc3ccc(CC(=O)c4nc(C)c(C)n(-c5ccc(F)cc5)c4=O)cc3F)ccnc2cn1. The van der Waals surface area contributed by atoms with Crippen LogP contribution in [-0.4, -0.2) is 32.4 Å². The van der Waals surface area contributed by atoms with Crippen LogP contribution < -0.4 is 15.0 Å². The Morgan fingerprint density at radius 2 is 1.74 bits per heavy atom. The number of hydrogen-bond acceptors (Lipinski definition) is 7. The maximum absolute atomic E-state index is 15.0. The fourth-order valence-corrected chi connectivity index (χ4v) is 4.13. The Labute approximate surface area is 221 Å². The number of Topliss-reactive ketones (excluding diaryl/α,β-unsaturated/α-hetero) is 1. The van der Waals surface area contributed by atoms with Crippen molar-refractivity contribution in [2.75, 3.05) is 7.11 Å². The normalized spacial score (nSPS) is 11.0. The third-order valence-electron chi connectivity index (χ3n) is 6.25. The van der Waals surface area contributed by atoms with E-state index in [1.54, 1.807) is 32.0 Å². The molecule has 39 heavy (non-hydrogen) atoms. The Morgan fingerprint density at radius 3 is 2.46 bits per heavy atom. The monoisotopic (exact) mass is 528 g/mol. The first-order chi connectivity index (χ1) is 18.7. The second-order valence-corrected chi connectivity index (χ2v) is 8.77. The van der Waals surface area contributed by atoms with Gasteiger partial charge in [0.2, 0.25) is 5.88 Å². The van der Waals surface area contributed by atoms with E-state index in [-0.39, 0.29) is 17.9 Å². The number of rotatable bonds is 7. The van der Waals surface area contributed by atoms with Crippen molar-refractivity contribution in [2.24, 2.45) is 0 Å². The number of pyridine rings is 2. The fraction of sp³-hybridized carbons (Fsp3) is 0.138. The van der Waals surface area contributed by atoms with Crippen LogP contribution in [0.2, 0.25) is 0 Å². The fourth-order valence-electron chi connectivity index (χ4n) is 4.13. The van der Waals surface area contributed by atoms with E-state index in [4.69, 9.17) is 9.47 Å². The Balaban J connectivity index is 1.42. The van der Waals surface area contributed by atoms with Crippen LogP contribution in [0, 0.1) is 25.5 Å². The van der Waals surface area contributed by atoms with E-state index in [9.17, 15) is 14.0 Å². The summed E-state index contributed by atoms with van der Waals surface area (Å²) in [6.45, 7) is 3.36. The van der Waals surface area contributed by atoms with Crippen molar-refractivity contribution in [3.63, 3.8) is 0 Å². The second kappa shape index (κ2) is 10.4. The van der Waals surface area contributed by atoms with Gasteiger partial charge >= 0.3 is 0 Å². The summed E-state index contributed by atoms with van der Waals surface area (Å²) in [5.41, 5.74) is 1.36. The van der Waals surface area contributed by atoms with Crippen LogP contribution in [0.5, 0.6) is 17.4 Å². The largest absolute Gasteiger partial charge is 0.481 e. The highest BCUT2D eigenvalue weighted by Crippen LogP contribution is 2.32. The second-order valence-electron chi connectivity index (χ2n) is 8.77. The summed E-state index contributed by atoms with van der Waals surface area (Å²) in [7, 11) is 1.48. The van der Waals surface area contributed by atoms with E-state index >= 15 is 4.39 Å².